The average molecular weight is 375 g/mol. The zero-order chi connectivity index (χ0) is 16.9. The highest BCUT2D eigenvalue weighted by Gasteiger charge is 2.14. The summed E-state index contributed by atoms with van der Waals surface area (Å²) in [6, 6.07) is 16.9. The van der Waals surface area contributed by atoms with E-state index in [1.165, 1.54) is 23.1 Å². The first-order valence-electron chi connectivity index (χ1n) is 7.13. The molecule has 7 heteroatoms. The van der Waals surface area contributed by atoms with Gasteiger partial charge in [-0.1, -0.05) is 53.4 Å². The van der Waals surface area contributed by atoms with E-state index < -0.39 is 0 Å². The molecule has 2 aromatic carbocycles. The summed E-state index contributed by atoms with van der Waals surface area (Å²) in [6.45, 7) is 0. The number of ketones is 1. The number of hydrogen-bond acceptors (Lipinski definition) is 6. The lowest BCUT2D eigenvalue weighted by Gasteiger charge is -2.06. The quantitative estimate of drug-likeness (QED) is 0.357. The summed E-state index contributed by atoms with van der Waals surface area (Å²) in [5.74, 6) is 0.882. The number of ether oxygens (including phenoxy) is 1. The van der Waals surface area contributed by atoms with E-state index in [2.05, 4.69) is 5.10 Å². The summed E-state index contributed by atoms with van der Waals surface area (Å²) < 4.78 is 8.38. The van der Waals surface area contributed by atoms with Crippen LogP contribution in [-0.4, -0.2) is 28.4 Å². The molecule has 0 saturated heterocycles. The van der Waals surface area contributed by atoms with E-state index in [4.69, 9.17) is 17.0 Å². The van der Waals surface area contributed by atoms with Crippen LogP contribution in [0.3, 0.4) is 0 Å². The van der Waals surface area contributed by atoms with Gasteiger partial charge in [0.05, 0.1) is 24.1 Å². The van der Waals surface area contributed by atoms with Crippen molar-refractivity contribution in [2.45, 2.75) is 4.34 Å². The van der Waals surface area contributed by atoms with Crippen molar-refractivity contribution in [3.8, 4) is 11.4 Å². The summed E-state index contributed by atoms with van der Waals surface area (Å²) in [7, 11) is 1.56. The van der Waals surface area contributed by atoms with Gasteiger partial charge in [0.25, 0.3) is 0 Å². The molecule has 3 rings (SSSR count). The number of methoxy groups -OCH3 is 1. The highest BCUT2D eigenvalue weighted by molar-refractivity contribution is 8.01. The van der Waals surface area contributed by atoms with Crippen molar-refractivity contribution in [2.24, 2.45) is 0 Å². The van der Waals surface area contributed by atoms with Gasteiger partial charge in [-0.05, 0) is 36.5 Å². The van der Waals surface area contributed by atoms with Crippen LogP contribution in [0.25, 0.3) is 5.69 Å². The first-order chi connectivity index (χ1) is 11.7. The third-order valence-electron chi connectivity index (χ3n) is 3.26. The molecule has 0 bridgehead atoms. The predicted octanol–water partition coefficient (Wildman–Crippen LogP) is 4.65. The van der Waals surface area contributed by atoms with Crippen LogP contribution in [0, 0.1) is 3.95 Å². The van der Waals surface area contributed by atoms with E-state index in [-0.39, 0.29) is 11.5 Å². The van der Waals surface area contributed by atoms with E-state index in [1.54, 1.807) is 23.9 Å². The number of nitrogens with zero attached hydrogens (tertiary/aromatic N) is 2. The maximum absolute atomic E-state index is 12.4. The van der Waals surface area contributed by atoms with Crippen molar-refractivity contribution >= 4 is 41.1 Å². The fourth-order valence-electron chi connectivity index (χ4n) is 2.13. The van der Waals surface area contributed by atoms with Gasteiger partial charge in [-0.3, -0.25) is 4.79 Å². The molecule has 0 N–H and O–H groups in total. The monoisotopic (exact) mass is 374 g/mol. The first kappa shape index (κ1) is 16.9. The molecule has 122 valence electrons. The van der Waals surface area contributed by atoms with Crippen LogP contribution in [0.4, 0.5) is 0 Å². The summed E-state index contributed by atoms with van der Waals surface area (Å²) >= 11 is 8.16. The summed E-state index contributed by atoms with van der Waals surface area (Å²) in [5.41, 5.74) is 1.50. The van der Waals surface area contributed by atoms with Crippen molar-refractivity contribution in [1.82, 2.24) is 9.78 Å². The largest absolute Gasteiger partial charge is 0.496 e. The number of hydrogen-bond donors (Lipinski definition) is 0. The van der Waals surface area contributed by atoms with Gasteiger partial charge in [0.1, 0.15) is 5.75 Å². The molecular weight excluding hydrogens is 360 g/mol. The molecule has 0 radical (unpaired) electrons. The molecule has 3 aromatic rings. The lowest BCUT2D eigenvalue weighted by atomic mass is 10.1. The number of carbonyl (C=O) groups is 1. The maximum atomic E-state index is 12.4. The first-order valence-corrected chi connectivity index (χ1v) is 9.34. The summed E-state index contributed by atoms with van der Waals surface area (Å²) in [5, 5.41) is 4.50. The van der Waals surface area contributed by atoms with Gasteiger partial charge < -0.3 is 4.74 Å². The van der Waals surface area contributed by atoms with Gasteiger partial charge in [0, 0.05) is 0 Å². The second-order valence-electron chi connectivity index (χ2n) is 4.79. The second kappa shape index (κ2) is 7.74. The van der Waals surface area contributed by atoms with E-state index in [9.17, 15) is 4.79 Å². The van der Waals surface area contributed by atoms with Gasteiger partial charge in [-0.15, -0.1) is 5.10 Å². The van der Waals surface area contributed by atoms with E-state index in [1.807, 2.05) is 42.5 Å². The number of thioether (sulfide) groups is 1. The molecule has 1 heterocycles. The smallest absolute Gasteiger partial charge is 0.184 e. The molecule has 4 nitrogen and oxygen atoms in total. The Hall–Kier alpha value is -1.96. The second-order valence-corrected chi connectivity index (χ2v) is 7.64. The zero-order valence-electron chi connectivity index (χ0n) is 12.8. The molecule has 0 aliphatic heterocycles. The van der Waals surface area contributed by atoms with Gasteiger partial charge in [-0.25, -0.2) is 4.68 Å². The van der Waals surface area contributed by atoms with Crippen molar-refractivity contribution in [1.29, 1.82) is 0 Å². The third-order valence-corrected chi connectivity index (χ3v) is 5.63. The number of aromatic nitrogens is 2. The molecule has 24 heavy (non-hydrogen) atoms. The van der Waals surface area contributed by atoms with Crippen molar-refractivity contribution < 1.29 is 9.53 Å². The molecule has 0 saturated carbocycles. The highest BCUT2D eigenvalue weighted by atomic mass is 32.2. The van der Waals surface area contributed by atoms with E-state index in [0.29, 0.717) is 15.3 Å². The molecule has 1 aromatic heterocycles. The third kappa shape index (κ3) is 3.75. The summed E-state index contributed by atoms with van der Waals surface area (Å²) in [6.07, 6.45) is 0. The normalized spacial score (nSPS) is 10.5. The SMILES string of the molecule is COc1ccccc1C(=O)CSc1nn(-c2ccccc2)c(=S)s1. The lowest BCUT2D eigenvalue weighted by Crippen LogP contribution is -2.04. The average Bonchev–Trinajstić information content (AvgIpc) is 3.01. The minimum atomic E-state index is 0.00447. The van der Waals surface area contributed by atoms with Gasteiger partial charge >= 0.3 is 0 Å². The number of Topliss-reactive ketones (excluding diaryl/α,β-unsaturated/α-hetero) is 1. The van der Waals surface area contributed by atoms with Crippen LogP contribution in [0.5, 0.6) is 5.75 Å². The van der Waals surface area contributed by atoms with Gasteiger partial charge in [0.15, 0.2) is 14.1 Å². The maximum Gasteiger partial charge on any atom is 0.184 e. The molecule has 0 atom stereocenters. The minimum absolute atomic E-state index is 0.00447. The number of benzene rings is 2. The number of rotatable bonds is 6. The zero-order valence-corrected chi connectivity index (χ0v) is 15.3. The van der Waals surface area contributed by atoms with Crippen LogP contribution in [0.15, 0.2) is 58.9 Å². The van der Waals surface area contributed by atoms with Crippen molar-refractivity contribution in [3.63, 3.8) is 0 Å². The summed E-state index contributed by atoms with van der Waals surface area (Å²) in [4.78, 5) is 12.4. The Bertz CT molecular complexity index is 903. The van der Waals surface area contributed by atoms with Crippen LogP contribution in [-0.2, 0) is 0 Å². The number of carbonyl (C=O) groups excluding carboxylic acids is 1. The van der Waals surface area contributed by atoms with Crippen LogP contribution in [0.2, 0.25) is 0 Å². The molecule has 0 aliphatic rings. The lowest BCUT2D eigenvalue weighted by molar-refractivity contribution is 0.101. The van der Waals surface area contributed by atoms with Crippen LogP contribution < -0.4 is 4.74 Å². The molecule has 0 spiro atoms. The molecule has 0 aliphatic carbocycles. The van der Waals surface area contributed by atoms with Crippen LogP contribution >= 0.6 is 35.3 Å². The molecule has 0 amide bonds. The van der Waals surface area contributed by atoms with Crippen molar-refractivity contribution in [3.05, 3.63) is 64.1 Å². The number of para-hydroxylation sites is 2. The highest BCUT2D eigenvalue weighted by Crippen LogP contribution is 2.26. The Morgan fingerprint density at radius 3 is 2.67 bits per heavy atom. The Morgan fingerprint density at radius 1 is 1.21 bits per heavy atom. The minimum Gasteiger partial charge on any atom is -0.496 e. The van der Waals surface area contributed by atoms with Crippen LogP contribution in [0.1, 0.15) is 10.4 Å². The standard InChI is InChI=1S/C17H14N2O2S3/c1-21-15-10-6-5-9-13(15)14(20)11-23-16-18-19(17(22)24-16)12-7-3-2-4-8-12/h2-10H,11H2,1H3. The Morgan fingerprint density at radius 2 is 1.92 bits per heavy atom. The molecule has 0 fully saturated rings. The Balaban J connectivity index is 1.74. The predicted molar refractivity (Wildman–Crippen MR) is 100 cm³/mol. The molecular formula is C17H14N2O2S3. The van der Waals surface area contributed by atoms with Crippen molar-refractivity contribution in [2.75, 3.05) is 12.9 Å². The Kier molecular flexibility index (Phi) is 5.44. The van der Waals surface area contributed by atoms with Gasteiger partial charge in [-0.2, -0.15) is 0 Å². The topological polar surface area (TPSA) is 44.1 Å². The fourth-order valence-corrected chi connectivity index (χ4v) is 4.38. The van der Waals surface area contributed by atoms with E-state index in [0.717, 1.165) is 10.0 Å². The fraction of sp³-hybridized carbons (Fsp3) is 0.118. The molecule has 0 unspecified atom stereocenters. The van der Waals surface area contributed by atoms with E-state index >= 15 is 0 Å². The Labute approximate surface area is 153 Å². The van der Waals surface area contributed by atoms with Gasteiger partial charge in [0.2, 0.25) is 0 Å².